The molecule has 1 fully saturated rings. The predicted molar refractivity (Wildman–Crippen MR) is 92.1 cm³/mol. The minimum atomic E-state index is -0.736. The van der Waals surface area contributed by atoms with Crippen molar-refractivity contribution in [2.75, 3.05) is 44.7 Å². The number of amides is 2. The van der Waals surface area contributed by atoms with Gasteiger partial charge in [-0.25, -0.2) is 4.98 Å². The summed E-state index contributed by atoms with van der Waals surface area (Å²) in [7, 11) is 0. The second kappa shape index (κ2) is 8.04. The Morgan fingerprint density at radius 2 is 2.08 bits per heavy atom. The lowest BCUT2D eigenvalue weighted by molar-refractivity contribution is -0.136. The molecule has 1 saturated heterocycles. The molecular weight excluding hydrogens is 324 g/mol. The molecule has 3 rings (SSSR count). The summed E-state index contributed by atoms with van der Waals surface area (Å²) in [5, 5.41) is 12.5. The second-order valence-corrected chi connectivity index (χ2v) is 5.94. The maximum Gasteiger partial charge on any atom is 0.314 e. The van der Waals surface area contributed by atoms with Gasteiger partial charge in [0, 0.05) is 25.3 Å². The number of nitrogens with one attached hydrogen (secondary N) is 3. The van der Waals surface area contributed by atoms with Gasteiger partial charge in [-0.2, -0.15) is 5.10 Å². The molecule has 134 valence electrons. The molecule has 0 saturated carbocycles. The number of hydrogen-bond donors (Lipinski definition) is 3. The van der Waals surface area contributed by atoms with Crippen molar-refractivity contribution >= 4 is 28.7 Å². The van der Waals surface area contributed by atoms with Gasteiger partial charge < -0.3 is 15.4 Å². The van der Waals surface area contributed by atoms with Crippen molar-refractivity contribution in [1.82, 2.24) is 25.4 Å². The summed E-state index contributed by atoms with van der Waals surface area (Å²) in [6, 6.07) is 3.62. The van der Waals surface area contributed by atoms with E-state index in [1.54, 1.807) is 6.07 Å². The average Bonchev–Trinajstić information content (AvgIpc) is 3.01. The molecular formula is C16H22N6O3. The molecule has 2 aromatic rings. The van der Waals surface area contributed by atoms with Gasteiger partial charge in [0.1, 0.15) is 0 Å². The molecule has 0 spiro atoms. The molecule has 0 atom stereocenters. The molecule has 0 bridgehead atoms. The van der Waals surface area contributed by atoms with Crippen molar-refractivity contribution in [3.63, 3.8) is 0 Å². The molecule has 3 heterocycles. The number of aromatic nitrogens is 3. The van der Waals surface area contributed by atoms with E-state index in [-0.39, 0.29) is 0 Å². The van der Waals surface area contributed by atoms with Crippen molar-refractivity contribution in [3.8, 4) is 0 Å². The van der Waals surface area contributed by atoms with Crippen LogP contribution in [-0.4, -0.2) is 71.3 Å². The highest BCUT2D eigenvalue weighted by molar-refractivity contribution is 6.40. The molecule has 1 aliphatic heterocycles. The number of fused-ring (bicyclic) bond motifs is 1. The Morgan fingerprint density at radius 3 is 2.88 bits per heavy atom. The lowest BCUT2D eigenvalue weighted by Gasteiger charge is -2.26. The smallest absolute Gasteiger partial charge is 0.314 e. The number of aryl methyl sites for hydroxylation is 1. The SMILES string of the molecule is Cc1ccc2c(NC(=O)C(=O)NCCCN3CCOCC3)n[nH]c2n1. The third-order valence-electron chi connectivity index (χ3n) is 4.04. The third kappa shape index (κ3) is 4.52. The van der Waals surface area contributed by atoms with Gasteiger partial charge in [-0.3, -0.25) is 19.6 Å². The Kier molecular flexibility index (Phi) is 5.56. The summed E-state index contributed by atoms with van der Waals surface area (Å²) < 4.78 is 5.29. The number of hydrogen-bond acceptors (Lipinski definition) is 6. The van der Waals surface area contributed by atoms with Crippen LogP contribution in [0.2, 0.25) is 0 Å². The Labute approximate surface area is 145 Å². The molecule has 2 amide bonds. The third-order valence-corrected chi connectivity index (χ3v) is 4.04. The van der Waals surface area contributed by atoms with Crippen LogP contribution in [-0.2, 0) is 14.3 Å². The Balaban J connectivity index is 1.44. The number of morpholine rings is 1. The van der Waals surface area contributed by atoms with E-state index in [0.29, 0.717) is 23.4 Å². The number of anilines is 1. The summed E-state index contributed by atoms with van der Waals surface area (Å²) in [4.78, 5) is 30.4. The molecule has 2 aromatic heterocycles. The number of aromatic amines is 1. The first-order valence-electron chi connectivity index (χ1n) is 8.34. The van der Waals surface area contributed by atoms with Gasteiger partial charge in [0.25, 0.3) is 0 Å². The Morgan fingerprint density at radius 1 is 1.28 bits per heavy atom. The number of ether oxygens (including phenoxy) is 1. The molecule has 0 aliphatic carbocycles. The molecule has 0 unspecified atom stereocenters. The van der Waals surface area contributed by atoms with Crippen LogP contribution >= 0.6 is 0 Å². The van der Waals surface area contributed by atoms with E-state index in [1.165, 1.54) is 0 Å². The van der Waals surface area contributed by atoms with E-state index < -0.39 is 11.8 Å². The summed E-state index contributed by atoms with van der Waals surface area (Å²) in [5.74, 6) is -1.10. The zero-order valence-electron chi connectivity index (χ0n) is 14.2. The van der Waals surface area contributed by atoms with Crippen LogP contribution in [0.15, 0.2) is 12.1 Å². The van der Waals surface area contributed by atoms with Crippen LogP contribution in [0.3, 0.4) is 0 Å². The number of carbonyl (C=O) groups excluding carboxylic acids is 2. The van der Waals surface area contributed by atoms with Crippen LogP contribution in [0.4, 0.5) is 5.82 Å². The number of pyridine rings is 1. The standard InChI is InChI=1S/C16H22N6O3/c1-11-3-4-12-13(18-11)20-21-14(12)19-16(24)15(23)17-5-2-6-22-7-9-25-10-8-22/h3-4H,2,5-10H2,1H3,(H,17,23)(H2,18,19,20,21,24). The molecule has 9 heteroatoms. The van der Waals surface area contributed by atoms with E-state index in [1.807, 2.05) is 13.0 Å². The van der Waals surface area contributed by atoms with E-state index in [4.69, 9.17) is 4.74 Å². The monoisotopic (exact) mass is 346 g/mol. The minimum Gasteiger partial charge on any atom is -0.379 e. The fourth-order valence-electron chi connectivity index (χ4n) is 2.67. The zero-order chi connectivity index (χ0) is 17.6. The highest BCUT2D eigenvalue weighted by Gasteiger charge is 2.17. The highest BCUT2D eigenvalue weighted by atomic mass is 16.5. The molecule has 9 nitrogen and oxygen atoms in total. The Bertz CT molecular complexity index is 753. The first kappa shape index (κ1) is 17.3. The van der Waals surface area contributed by atoms with Gasteiger partial charge in [-0.15, -0.1) is 0 Å². The Hall–Kier alpha value is -2.52. The normalized spacial score (nSPS) is 15.2. The van der Waals surface area contributed by atoms with Crippen LogP contribution in [0.25, 0.3) is 11.0 Å². The van der Waals surface area contributed by atoms with Gasteiger partial charge in [0.15, 0.2) is 11.5 Å². The topological polar surface area (TPSA) is 112 Å². The van der Waals surface area contributed by atoms with Crippen LogP contribution in [0, 0.1) is 6.92 Å². The molecule has 25 heavy (non-hydrogen) atoms. The molecule has 0 radical (unpaired) electrons. The second-order valence-electron chi connectivity index (χ2n) is 5.94. The number of rotatable bonds is 5. The van der Waals surface area contributed by atoms with Gasteiger partial charge in [-0.05, 0) is 32.0 Å². The number of H-pyrrole nitrogens is 1. The molecule has 0 aromatic carbocycles. The summed E-state index contributed by atoms with van der Waals surface area (Å²) in [5.41, 5.74) is 1.41. The van der Waals surface area contributed by atoms with Gasteiger partial charge >= 0.3 is 11.8 Å². The van der Waals surface area contributed by atoms with Gasteiger partial charge in [0.2, 0.25) is 0 Å². The predicted octanol–water partition coefficient (Wildman–Crippen LogP) is 0.0433. The maximum atomic E-state index is 12.0. The quantitative estimate of drug-likeness (QED) is 0.521. The number of carbonyl (C=O) groups is 2. The first-order chi connectivity index (χ1) is 12.1. The minimum absolute atomic E-state index is 0.302. The summed E-state index contributed by atoms with van der Waals surface area (Å²) >= 11 is 0. The van der Waals surface area contributed by atoms with Crippen LogP contribution < -0.4 is 10.6 Å². The fourth-order valence-corrected chi connectivity index (χ4v) is 2.67. The summed E-state index contributed by atoms with van der Waals surface area (Å²) in [6.45, 7) is 6.51. The molecule has 1 aliphatic rings. The van der Waals surface area contributed by atoms with E-state index >= 15 is 0 Å². The van der Waals surface area contributed by atoms with E-state index in [9.17, 15) is 9.59 Å². The van der Waals surface area contributed by atoms with Crippen LogP contribution in [0.1, 0.15) is 12.1 Å². The van der Waals surface area contributed by atoms with Crippen molar-refractivity contribution in [2.24, 2.45) is 0 Å². The largest absolute Gasteiger partial charge is 0.379 e. The lowest BCUT2D eigenvalue weighted by atomic mass is 10.3. The zero-order valence-corrected chi connectivity index (χ0v) is 14.2. The average molecular weight is 346 g/mol. The van der Waals surface area contributed by atoms with Gasteiger partial charge in [-0.1, -0.05) is 0 Å². The lowest BCUT2D eigenvalue weighted by Crippen LogP contribution is -2.39. The van der Waals surface area contributed by atoms with Gasteiger partial charge in [0.05, 0.1) is 18.6 Å². The van der Waals surface area contributed by atoms with Crippen molar-refractivity contribution in [1.29, 1.82) is 0 Å². The van der Waals surface area contributed by atoms with Crippen molar-refractivity contribution < 1.29 is 14.3 Å². The highest BCUT2D eigenvalue weighted by Crippen LogP contribution is 2.18. The summed E-state index contributed by atoms with van der Waals surface area (Å²) in [6.07, 6.45) is 0.785. The maximum absolute atomic E-state index is 12.0. The van der Waals surface area contributed by atoms with E-state index in [0.717, 1.165) is 45.0 Å². The van der Waals surface area contributed by atoms with Crippen LogP contribution in [0.5, 0.6) is 0 Å². The van der Waals surface area contributed by atoms with E-state index in [2.05, 4.69) is 30.7 Å². The van der Waals surface area contributed by atoms with Crippen molar-refractivity contribution in [3.05, 3.63) is 17.8 Å². The van der Waals surface area contributed by atoms with Crippen molar-refractivity contribution in [2.45, 2.75) is 13.3 Å². The molecule has 3 N–H and O–H groups in total. The fraction of sp³-hybridized carbons (Fsp3) is 0.500. The first-order valence-corrected chi connectivity index (χ1v) is 8.34. The number of nitrogens with zero attached hydrogens (tertiary/aromatic N) is 3.